The number of carbonyl (C=O) groups excluding carboxylic acids is 1. The van der Waals surface area contributed by atoms with E-state index in [1.54, 1.807) is 19.2 Å². The fraction of sp³-hybridized carbons (Fsp3) is 0.438. The summed E-state index contributed by atoms with van der Waals surface area (Å²) in [4.78, 5) is 14.4. The second-order valence-corrected chi connectivity index (χ2v) is 5.22. The molecular formula is C16H20N2O4. The molecular weight excluding hydrogens is 284 g/mol. The first kappa shape index (κ1) is 14.9. The number of methoxy groups -OCH3 is 1. The zero-order valence-corrected chi connectivity index (χ0v) is 12.6. The molecule has 1 aromatic carbocycles. The molecule has 1 fully saturated rings. The summed E-state index contributed by atoms with van der Waals surface area (Å²) < 4.78 is 16.0. The SMILES string of the molecule is COc1ccc2cc(C(=O)NCCN3CCOCC3)oc2c1. The van der Waals surface area contributed by atoms with E-state index >= 15 is 0 Å². The van der Waals surface area contributed by atoms with E-state index in [2.05, 4.69) is 10.2 Å². The van der Waals surface area contributed by atoms with Crippen molar-refractivity contribution in [1.82, 2.24) is 10.2 Å². The van der Waals surface area contributed by atoms with Crippen LogP contribution in [0.25, 0.3) is 11.0 Å². The maximum Gasteiger partial charge on any atom is 0.287 e. The van der Waals surface area contributed by atoms with Gasteiger partial charge in [0.2, 0.25) is 0 Å². The minimum Gasteiger partial charge on any atom is -0.497 e. The van der Waals surface area contributed by atoms with Gasteiger partial charge in [-0.05, 0) is 18.2 Å². The quantitative estimate of drug-likeness (QED) is 0.907. The largest absolute Gasteiger partial charge is 0.497 e. The van der Waals surface area contributed by atoms with Gasteiger partial charge in [-0.2, -0.15) is 0 Å². The fourth-order valence-corrected chi connectivity index (χ4v) is 2.49. The average molecular weight is 304 g/mol. The van der Waals surface area contributed by atoms with Crippen LogP contribution >= 0.6 is 0 Å². The Morgan fingerprint density at radius 3 is 2.91 bits per heavy atom. The Kier molecular flexibility index (Phi) is 4.60. The number of ether oxygens (including phenoxy) is 2. The van der Waals surface area contributed by atoms with Crippen LogP contribution in [0.15, 0.2) is 28.7 Å². The molecule has 2 heterocycles. The first-order chi connectivity index (χ1) is 10.8. The summed E-state index contributed by atoms with van der Waals surface area (Å²) in [6.07, 6.45) is 0. The van der Waals surface area contributed by atoms with Crippen LogP contribution < -0.4 is 10.1 Å². The molecule has 1 aliphatic rings. The number of furan rings is 1. The number of rotatable bonds is 5. The van der Waals surface area contributed by atoms with E-state index in [4.69, 9.17) is 13.9 Å². The van der Waals surface area contributed by atoms with Crippen molar-refractivity contribution in [3.63, 3.8) is 0 Å². The molecule has 1 N–H and O–H groups in total. The number of carbonyl (C=O) groups is 1. The Morgan fingerprint density at radius 1 is 1.32 bits per heavy atom. The minimum atomic E-state index is -0.191. The molecule has 0 spiro atoms. The summed E-state index contributed by atoms with van der Waals surface area (Å²) in [5.41, 5.74) is 0.651. The Morgan fingerprint density at radius 2 is 2.14 bits per heavy atom. The highest BCUT2D eigenvalue weighted by molar-refractivity contribution is 5.96. The van der Waals surface area contributed by atoms with Gasteiger partial charge < -0.3 is 19.2 Å². The number of morpholine rings is 1. The van der Waals surface area contributed by atoms with Crippen molar-refractivity contribution in [2.24, 2.45) is 0 Å². The molecule has 1 aliphatic heterocycles. The number of nitrogens with zero attached hydrogens (tertiary/aromatic N) is 1. The Balaban J connectivity index is 1.57. The number of hydrogen-bond acceptors (Lipinski definition) is 5. The van der Waals surface area contributed by atoms with Crippen LogP contribution in [-0.4, -0.2) is 57.3 Å². The predicted molar refractivity (Wildman–Crippen MR) is 82.4 cm³/mol. The summed E-state index contributed by atoms with van der Waals surface area (Å²) in [6, 6.07) is 7.25. The van der Waals surface area contributed by atoms with Crippen molar-refractivity contribution in [2.75, 3.05) is 46.5 Å². The van der Waals surface area contributed by atoms with Crippen LogP contribution in [-0.2, 0) is 4.74 Å². The Bertz CT molecular complexity index is 647. The third-order valence-corrected chi connectivity index (χ3v) is 3.77. The molecule has 22 heavy (non-hydrogen) atoms. The van der Waals surface area contributed by atoms with Crippen LogP contribution in [0.4, 0.5) is 0 Å². The van der Waals surface area contributed by atoms with Crippen LogP contribution in [0.1, 0.15) is 10.6 Å². The molecule has 6 nitrogen and oxygen atoms in total. The van der Waals surface area contributed by atoms with Gasteiger partial charge in [0, 0.05) is 37.6 Å². The van der Waals surface area contributed by atoms with E-state index in [0.29, 0.717) is 23.6 Å². The summed E-state index contributed by atoms with van der Waals surface area (Å²) in [7, 11) is 1.60. The highest BCUT2D eigenvalue weighted by atomic mass is 16.5. The second-order valence-electron chi connectivity index (χ2n) is 5.22. The van der Waals surface area contributed by atoms with Gasteiger partial charge >= 0.3 is 0 Å². The maximum atomic E-state index is 12.1. The van der Waals surface area contributed by atoms with Crippen LogP contribution in [0, 0.1) is 0 Å². The van der Waals surface area contributed by atoms with Gasteiger partial charge in [0.1, 0.15) is 11.3 Å². The van der Waals surface area contributed by atoms with E-state index in [-0.39, 0.29) is 5.91 Å². The van der Waals surface area contributed by atoms with E-state index in [0.717, 1.165) is 38.2 Å². The molecule has 0 atom stereocenters. The lowest BCUT2D eigenvalue weighted by molar-refractivity contribution is 0.0382. The second kappa shape index (κ2) is 6.81. The zero-order valence-electron chi connectivity index (χ0n) is 12.6. The summed E-state index contributed by atoms with van der Waals surface area (Å²) in [5, 5.41) is 3.78. The number of amides is 1. The van der Waals surface area contributed by atoms with E-state index < -0.39 is 0 Å². The van der Waals surface area contributed by atoms with Gasteiger partial charge in [-0.3, -0.25) is 9.69 Å². The van der Waals surface area contributed by atoms with E-state index in [1.165, 1.54) is 0 Å². The normalized spacial score (nSPS) is 15.9. The van der Waals surface area contributed by atoms with Gasteiger partial charge in [0.25, 0.3) is 5.91 Å². The molecule has 3 rings (SSSR count). The van der Waals surface area contributed by atoms with Crippen molar-refractivity contribution >= 4 is 16.9 Å². The zero-order chi connectivity index (χ0) is 15.4. The van der Waals surface area contributed by atoms with Crippen molar-refractivity contribution in [2.45, 2.75) is 0 Å². The van der Waals surface area contributed by atoms with Crippen molar-refractivity contribution in [3.05, 3.63) is 30.0 Å². The Hall–Kier alpha value is -2.05. The molecule has 6 heteroatoms. The van der Waals surface area contributed by atoms with Gasteiger partial charge in [-0.1, -0.05) is 0 Å². The molecule has 0 aliphatic carbocycles. The third-order valence-electron chi connectivity index (χ3n) is 3.77. The fourth-order valence-electron chi connectivity index (χ4n) is 2.49. The highest BCUT2D eigenvalue weighted by Gasteiger charge is 2.14. The monoisotopic (exact) mass is 304 g/mol. The lowest BCUT2D eigenvalue weighted by atomic mass is 10.2. The minimum absolute atomic E-state index is 0.191. The van der Waals surface area contributed by atoms with Gasteiger partial charge in [-0.15, -0.1) is 0 Å². The number of nitrogens with one attached hydrogen (secondary N) is 1. The van der Waals surface area contributed by atoms with Gasteiger partial charge in [0.05, 0.1) is 20.3 Å². The summed E-state index contributed by atoms with van der Waals surface area (Å²) in [5.74, 6) is 0.842. The molecule has 2 aromatic rings. The first-order valence-corrected chi connectivity index (χ1v) is 7.42. The van der Waals surface area contributed by atoms with Crippen LogP contribution in [0.5, 0.6) is 5.75 Å². The topological polar surface area (TPSA) is 63.9 Å². The van der Waals surface area contributed by atoms with E-state index in [1.807, 2.05) is 12.1 Å². The summed E-state index contributed by atoms with van der Waals surface area (Å²) in [6.45, 7) is 4.78. The number of fused-ring (bicyclic) bond motifs is 1. The molecule has 0 radical (unpaired) electrons. The predicted octanol–water partition coefficient (Wildman–Crippen LogP) is 1.50. The number of hydrogen-bond donors (Lipinski definition) is 1. The highest BCUT2D eigenvalue weighted by Crippen LogP contribution is 2.24. The lowest BCUT2D eigenvalue weighted by Gasteiger charge is -2.26. The van der Waals surface area contributed by atoms with Gasteiger partial charge in [0.15, 0.2) is 5.76 Å². The molecule has 0 saturated carbocycles. The third kappa shape index (κ3) is 3.40. The molecule has 1 aromatic heterocycles. The van der Waals surface area contributed by atoms with Gasteiger partial charge in [-0.25, -0.2) is 0 Å². The molecule has 118 valence electrons. The Labute approximate surface area is 129 Å². The molecule has 1 amide bonds. The van der Waals surface area contributed by atoms with Crippen molar-refractivity contribution in [3.8, 4) is 5.75 Å². The molecule has 0 unspecified atom stereocenters. The van der Waals surface area contributed by atoms with Crippen LogP contribution in [0.2, 0.25) is 0 Å². The van der Waals surface area contributed by atoms with Crippen molar-refractivity contribution in [1.29, 1.82) is 0 Å². The maximum absolute atomic E-state index is 12.1. The average Bonchev–Trinajstić information content (AvgIpc) is 2.99. The lowest BCUT2D eigenvalue weighted by Crippen LogP contribution is -2.41. The standard InChI is InChI=1S/C16H20N2O4/c1-20-13-3-2-12-10-15(22-14(12)11-13)16(19)17-4-5-18-6-8-21-9-7-18/h2-3,10-11H,4-9H2,1H3,(H,17,19). The smallest absolute Gasteiger partial charge is 0.287 e. The number of benzene rings is 1. The van der Waals surface area contributed by atoms with Crippen molar-refractivity contribution < 1.29 is 18.7 Å². The summed E-state index contributed by atoms with van der Waals surface area (Å²) >= 11 is 0. The molecule has 1 saturated heterocycles. The van der Waals surface area contributed by atoms with Crippen LogP contribution in [0.3, 0.4) is 0 Å². The van der Waals surface area contributed by atoms with E-state index in [9.17, 15) is 4.79 Å². The molecule has 0 bridgehead atoms. The first-order valence-electron chi connectivity index (χ1n) is 7.42.